The molecule has 1 aliphatic carbocycles. The van der Waals surface area contributed by atoms with Crippen molar-refractivity contribution in [2.75, 3.05) is 23.7 Å². The van der Waals surface area contributed by atoms with Gasteiger partial charge in [-0.05, 0) is 43.9 Å². The molecule has 1 saturated carbocycles. The Kier molecular flexibility index (Phi) is 4.46. The van der Waals surface area contributed by atoms with Gasteiger partial charge in [0, 0.05) is 41.9 Å². The van der Waals surface area contributed by atoms with E-state index in [2.05, 4.69) is 54.9 Å². The second kappa shape index (κ2) is 6.17. The number of rotatable bonds is 4. The maximum absolute atomic E-state index is 4.78. The van der Waals surface area contributed by atoms with E-state index in [1.807, 2.05) is 0 Å². The van der Waals surface area contributed by atoms with E-state index in [1.54, 1.807) is 0 Å². The summed E-state index contributed by atoms with van der Waals surface area (Å²) in [6, 6.07) is 5.26. The Balaban J connectivity index is 1.70. The number of hydrogen-bond acceptors (Lipinski definition) is 4. The molecule has 0 unspecified atom stereocenters. The van der Waals surface area contributed by atoms with Crippen LogP contribution in [0.15, 0.2) is 12.1 Å². The molecule has 0 bridgehead atoms. The van der Waals surface area contributed by atoms with Gasteiger partial charge in [0.25, 0.3) is 0 Å². The summed E-state index contributed by atoms with van der Waals surface area (Å²) >= 11 is 2.09. The molecule has 116 valence electrons. The SMILES string of the molecule is Cc1cc(CNC2CC2)cc(N2CCSC(C)(C)CC2)n1. The van der Waals surface area contributed by atoms with Crippen LogP contribution in [-0.4, -0.2) is 34.6 Å². The van der Waals surface area contributed by atoms with Crippen LogP contribution in [0.2, 0.25) is 0 Å². The van der Waals surface area contributed by atoms with Crippen molar-refractivity contribution < 1.29 is 0 Å². The van der Waals surface area contributed by atoms with E-state index in [-0.39, 0.29) is 0 Å². The Bertz CT molecular complexity index is 497. The monoisotopic (exact) mass is 305 g/mol. The summed E-state index contributed by atoms with van der Waals surface area (Å²) in [5.74, 6) is 2.36. The van der Waals surface area contributed by atoms with Crippen molar-refractivity contribution in [3.63, 3.8) is 0 Å². The quantitative estimate of drug-likeness (QED) is 0.923. The molecule has 0 aromatic carbocycles. The molecule has 2 aliphatic rings. The Labute approximate surface area is 132 Å². The lowest BCUT2D eigenvalue weighted by atomic mass is 10.1. The molecule has 0 atom stereocenters. The number of hydrogen-bond donors (Lipinski definition) is 1. The number of nitrogens with one attached hydrogen (secondary N) is 1. The molecule has 1 aromatic rings. The number of thioether (sulfide) groups is 1. The molecular formula is C17H27N3S. The van der Waals surface area contributed by atoms with Crippen molar-refractivity contribution in [2.45, 2.75) is 57.4 Å². The maximum Gasteiger partial charge on any atom is 0.129 e. The van der Waals surface area contributed by atoms with Crippen LogP contribution in [0.4, 0.5) is 5.82 Å². The van der Waals surface area contributed by atoms with Gasteiger partial charge in [0.2, 0.25) is 0 Å². The van der Waals surface area contributed by atoms with Gasteiger partial charge in [0.15, 0.2) is 0 Å². The highest BCUT2D eigenvalue weighted by Crippen LogP contribution is 2.32. The van der Waals surface area contributed by atoms with Crippen LogP contribution in [0.25, 0.3) is 0 Å². The second-order valence-electron chi connectivity index (χ2n) is 6.98. The summed E-state index contributed by atoms with van der Waals surface area (Å²) in [4.78, 5) is 7.25. The van der Waals surface area contributed by atoms with E-state index in [4.69, 9.17) is 4.98 Å². The molecular weight excluding hydrogens is 278 g/mol. The predicted molar refractivity (Wildman–Crippen MR) is 92.2 cm³/mol. The van der Waals surface area contributed by atoms with Gasteiger partial charge < -0.3 is 10.2 Å². The Morgan fingerprint density at radius 1 is 1.33 bits per heavy atom. The van der Waals surface area contributed by atoms with E-state index in [0.717, 1.165) is 31.4 Å². The summed E-state index contributed by atoms with van der Waals surface area (Å²) in [6.45, 7) is 10.0. The fraction of sp³-hybridized carbons (Fsp3) is 0.706. The number of anilines is 1. The first-order chi connectivity index (χ1) is 10.0. The van der Waals surface area contributed by atoms with Gasteiger partial charge in [-0.15, -0.1) is 0 Å². The first kappa shape index (κ1) is 15.2. The van der Waals surface area contributed by atoms with Gasteiger partial charge in [-0.2, -0.15) is 11.8 Å². The van der Waals surface area contributed by atoms with Gasteiger partial charge in [-0.3, -0.25) is 0 Å². The third-order valence-electron chi connectivity index (χ3n) is 4.33. The summed E-state index contributed by atoms with van der Waals surface area (Å²) < 4.78 is 0.398. The predicted octanol–water partition coefficient (Wildman–Crippen LogP) is 3.36. The van der Waals surface area contributed by atoms with Gasteiger partial charge in [-0.1, -0.05) is 13.8 Å². The van der Waals surface area contributed by atoms with E-state index in [0.29, 0.717) is 4.75 Å². The Morgan fingerprint density at radius 2 is 2.14 bits per heavy atom. The van der Waals surface area contributed by atoms with Crippen molar-refractivity contribution in [3.8, 4) is 0 Å². The Morgan fingerprint density at radius 3 is 2.90 bits per heavy atom. The first-order valence-electron chi connectivity index (χ1n) is 8.12. The molecule has 4 heteroatoms. The zero-order valence-electron chi connectivity index (χ0n) is 13.5. The van der Waals surface area contributed by atoms with Crippen molar-refractivity contribution in [3.05, 3.63) is 23.4 Å². The molecule has 0 amide bonds. The number of aromatic nitrogens is 1. The summed E-state index contributed by atoms with van der Waals surface area (Å²) in [5, 5.41) is 3.61. The molecule has 1 aliphatic heterocycles. The van der Waals surface area contributed by atoms with Gasteiger partial charge in [0.05, 0.1) is 0 Å². The van der Waals surface area contributed by atoms with Crippen LogP contribution in [0, 0.1) is 6.92 Å². The van der Waals surface area contributed by atoms with Crippen molar-refractivity contribution in [1.82, 2.24) is 10.3 Å². The number of nitrogens with zero attached hydrogens (tertiary/aromatic N) is 2. The molecule has 3 nitrogen and oxygen atoms in total. The summed E-state index contributed by atoms with van der Waals surface area (Å²) in [5.41, 5.74) is 2.51. The van der Waals surface area contributed by atoms with Crippen LogP contribution in [-0.2, 0) is 6.54 Å². The Hall–Kier alpha value is -0.740. The third-order valence-corrected chi connectivity index (χ3v) is 5.71. The topological polar surface area (TPSA) is 28.2 Å². The van der Waals surface area contributed by atoms with Gasteiger partial charge in [0.1, 0.15) is 5.82 Å². The molecule has 0 radical (unpaired) electrons. The standard InChI is InChI=1S/C17H27N3S/c1-13-10-14(12-18-15-4-5-15)11-16(19-13)20-7-6-17(2,3)21-9-8-20/h10-11,15,18H,4-9,12H2,1-3H3. The van der Waals surface area contributed by atoms with Crippen LogP contribution in [0.5, 0.6) is 0 Å². The molecule has 21 heavy (non-hydrogen) atoms. The number of pyridine rings is 1. The van der Waals surface area contributed by atoms with E-state index in [1.165, 1.54) is 36.4 Å². The molecule has 2 fully saturated rings. The summed E-state index contributed by atoms with van der Waals surface area (Å²) in [6.07, 6.45) is 3.91. The van der Waals surface area contributed by atoms with Crippen LogP contribution in [0.3, 0.4) is 0 Å². The average Bonchev–Trinajstić information content (AvgIpc) is 3.23. The zero-order valence-corrected chi connectivity index (χ0v) is 14.3. The lowest BCUT2D eigenvalue weighted by Gasteiger charge is -2.24. The molecule has 1 aromatic heterocycles. The molecule has 1 N–H and O–H groups in total. The van der Waals surface area contributed by atoms with Crippen molar-refractivity contribution in [1.29, 1.82) is 0 Å². The van der Waals surface area contributed by atoms with Gasteiger partial charge >= 0.3 is 0 Å². The van der Waals surface area contributed by atoms with Crippen LogP contribution < -0.4 is 10.2 Å². The molecule has 2 heterocycles. The van der Waals surface area contributed by atoms with Gasteiger partial charge in [-0.25, -0.2) is 4.98 Å². The summed E-state index contributed by atoms with van der Waals surface area (Å²) in [7, 11) is 0. The maximum atomic E-state index is 4.78. The normalized spacial score (nSPS) is 22.1. The highest BCUT2D eigenvalue weighted by atomic mass is 32.2. The lowest BCUT2D eigenvalue weighted by Crippen LogP contribution is -2.28. The highest BCUT2D eigenvalue weighted by Gasteiger charge is 2.24. The molecule has 3 rings (SSSR count). The fourth-order valence-corrected chi connectivity index (χ4v) is 3.88. The minimum atomic E-state index is 0.398. The zero-order chi connectivity index (χ0) is 14.9. The van der Waals surface area contributed by atoms with Crippen molar-refractivity contribution >= 4 is 17.6 Å². The van der Waals surface area contributed by atoms with Crippen LogP contribution >= 0.6 is 11.8 Å². The minimum absolute atomic E-state index is 0.398. The molecule has 0 spiro atoms. The second-order valence-corrected chi connectivity index (χ2v) is 8.78. The van der Waals surface area contributed by atoms with Crippen LogP contribution in [0.1, 0.15) is 44.4 Å². The van der Waals surface area contributed by atoms with E-state index < -0.39 is 0 Å². The van der Waals surface area contributed by atoms with E-state index in [9.17, 15) is 0 Å². The number of aryl methyl sites for hydroxylation is 1. The smallest absolute Gasteiger partial charge is 0.129 e. The molecule has 1 saturated heterocycles. The van der Waals surface area contributed by atoms with Crippen molar-refractivity contribution in [2.24, 2.45) is 0 Å². The highest BCUT2D eigenvalue weighted by molar-refractivity contribution is 8.00. The fourth-order valence-electron chi connectivity index (χ4n) is 2.78. The average molecular weight is 305 g/mol. The minimum Gasteiger partial charge on any atom is -0.356 e. The first-order valence-corrected chi connectivity index (χ1v) is 9.10. The lowest BCUT2D eigenvalue weighted by molar-refractivity contribution is 0.634. The van der Waals surface area contributed by atoms with E-state index >= 15 is 0 Å². The largest absolute Gasteiger partial charge is 0.356 e. The third kappa shape index (κ3) is 4.36.